The second-order valence-corrected chi connectivity index (χ2v) is 11.8. The van der Waals surface area contributed by atoms with E-state index >= 15 is 0 Å². The minimum absolute atomic E-state index is 0.458. The smallest absolute Gasteiger partial charge is 0.244 e. The Labute approximate surface area is 145 Å². The quantitative estimate of drug-likeness (QED) is 0.470. The van der Waals surface area contributed by atoms with Crippen molar-refractivity contribution in [2.45, 2.75) is 51.6 Å². The molecule has 124 valence electrons. The summed E-state index contributed by atoms with van der Waals surface area (Å²) in [4.78, 5) is 0. The molecule has 0 N–H and O–H groups in total. The number of unbranched alkanes of at least 4 members (excludes halogenated alkanes) is 2. The summed E-state index contributed by atoms with van der Waals surface area (Å²) in [6.45, 7) is 4.55. The van der Waals surface area contributed by atoms with Gasteiger partial charge in [0.05, 0.1) is 0 Å². The molecule has 2 aromatic carbocycles. The zero-order chi connectivity index (χ0) is 16.4. The highest BCUT2D eigenvalue weighted by Crippen LogP contribution is 2.17. The van der Waals surface area contributed by atoms with E-state index < -0.39 is 18.1 Å². The van der Waals surface area contributed by atoms with Crippen molar-refractivity contribution < 1.29 is 4.12 Å². The molecule has 0 aliphatic carbocycles. The van der Waals surface area contributed by atoms with Crippen molar-refractivity contribution in [3.05, 3.63) is 60.7 Å². The lowest BCUT2D eigenvalue weighted by Crippen LogP contribution is -2.61. The van der Waals surface area contributed by atoms with Crippen LogP contribution in [0.4, 0.5) is 0 Å². The number of rotatable bonds is 10. The topological polar surface area (TPSA) is 9.23 Å². The lowest BCUT2D eigenvalue weighted by atomic mass is 10.4. The average Bonchev–Trinajstić information content (AvgIpc) is 2.63. The summed E-state index contributed by atoms with van der Waals surface area (Å²) in [6, 6.07) is 24.6. The van der Waals surface area contributed by atoms with Crippen LogP contribution < -0.4 is 10.4 Å². The van der Waals surface area contributed by atoms with Crippen LogP contribution in [0, 0.1) is 0 Å². The fraction of sp³-hybridized carbons (Fsp3) is 0.400. The van der Waals surface area contributed by atoms with Crippen LogP contribution >= 0.6 is 0 Å². The molecule has 0 saturated heterocycles. The third kappa shape index (κ3) is 4.90. The monoisotopic (exact) mass is 342 g/mol. The van der Waals surface area contributed by atoms with Gasteiger partial charge in [0.15, 0.2) is 0 Å². The van der Waals surface area contributed by atoms with E-state index in [0.29, 0.717) is 0 Å². The molecule has 0 amide bonds. The fourth-order valence-corrected chi connectivity index (χ4v) is 10.9. The van der Waals surface area contributed by atoms with Gasteiger partial charge in [0, 0.05) is 0 Å². The van der Waals surface area contributed by atoms with E-state index in [1.807, 2.05) is 0 Å². The summed E-state index contributed by atoms with van der Waals surface area (Å²) in [5.74, 6) is 0. The Bertz CT molecular complexity index is 503. The molecule has 0 aliphatic heterocycles. The van der Waals surface area contributed by atoms with Crippen molar-refractivity contribution >= 4 is 28.5 Å². The van der Waals surface area contributed by atoms with E-state index in [2.05, 4.69) is 74.5 Å². The molecule has 1 nitrogen and oxygen atoms in total. The summed E-state index contributed by atoms with van der Waals surface area (Å²) in [5, 5.41) is 2.90. The van der Waals surface area contributed by atoms with Crippen LogP contribution in [0.3, 0.4) is 0 Å². The summed E-state index contributed by atoms with van der Waals surface area (Å²) < 4.78 is 6.88. The van der Waals surface area contributed by atoms with E-state index in [4.69, 9.17) is 4.12 Å². The maximum atomic E-state index is 6.88. The molecular weight excluding hydrogens is 312 g/mol. The van der Waals surface area contributed by atoms with Crippen LogP contribution in [0.15, 0.2) is 60.7 Å². The Balaban J connectivity index is 2.36. The highest BCUT2D eigenvalue weighted by Gasteiger charge is 2.38. The first-order valence-electron chi connectivity index (χ1n) is 9.08. The van der Waals surface area contributed by atoms with Gasteiger partial charge in [0.1, 0.15) is 9.76 Å². The van der Waals surface area contributed by atoms with Gasteiger partial charge in [-0.1, -0.05) is 100 Å². The van der Waals surface area contributed by atoms with Crippen molar-refractivity contribution in [1.82, 2.24) is 0 Å². The molecule has 0 heterocycles. The van der Waals surface area contributed by atoms with Crippen molar-refractivity contribution in [3.8, 4) is 0 Å². The normalized spacial score (nSPS) is 12.1. The molecule has 0 unspecified atom stereocenters. The van der Waals surface area contributed by atoms with Crippen molar-refractivity contribution in [1.29, 1.82) is 0 Å². The second kappa shape index (κ2) is 9.86. The van der Waals surface area contributed by atoms with Gasteiger partial charge in [0.25, 0.3) is 0 Å². The number of benzene rings is 2. The first-order valence-corrected chi connectivity index (χ1v) is 12.8. The molecule has 0 bridgehead atoms. The second-order valence-electron chi connectivity index (χ2n) is 6.22. The van der Waals surface area contributed by atoms with Gasteiger partial charge in [-0.2, -0.15) is 0 Å². The Kier molecular flexibility index (Phi) is 7.79. The van der Waals surface area contributed by atoms with E-state index in [1.54, 1.807) is 0 Å². The molecule has 2 aromatic rings. The minimum Gasteiger partial charge on any atom is -0.454 e. The zero-order valence-corrected chi connectivity index (χ0v) is 17.0. The van der Waals surface area contributed by atoms with Gasteiger partial charge >= 0.3 is 0 Å². The van der Waals surface area contributed by atoms with Crippen molar-refractivity contribution in [2.75, 3.05) is 0 Å². The predicted octanol–water partition coefficient (Wildman–Crippen LogP) is 3.87. The van der Waals surface area contributed by atoms with Gasteiger partial charge in [-0.15, -0.1) is 0 Å². The SMILES string of the molecule is CCCC[SiH2]O[Si](CCCC)(c1ccccc1)c1ccccc1. The first-order chi connectivity index (χ1) is 11.3. The van der Waals surface area contributed by atoms with E-state index in [1.165, 1.54) is 48.1 Å². The average molecular weight is 343 g/mol. The molecule has 0 spiro atoms. The fourth-order valence-electron chi connectivity index (χ4n) is 3.13. The lowest BCUT2D eigenvalue weighted by molar-refractivity contribution is 0.587. The summed E-state index contributed by atoms with van der Waals surface area (Å²) in [6.07, 6.45) is 5.07. The molecule has 0 atom stereocenters. The van der Waals surface area contributed by atoms with Crippen LogP contribution in [0.25, 0.3) is 0 Å². The first kappa shape index (κ1) is 18.2. The van der Waals surface area contributed by atoms with Gasteiger partial charge < -0.3 is 4.12 Å². The zero-order valence-electron chi connectivity index (χ0n) is 14.6. The van der Waals surface area contributed by atoms with Crippen molar-refractivity contribution in [2.24, 2.45) is 0 Å². The molecular formula is C20H30OSi2. The minimum atomic E-state index is -2.06. The standard InChI is InChI=1S/C20H30OSi2/c1-3-5-17-22-21-23(18-6-4-2,19-13-9-7-10-14-19)20-15-11-8-12-16-20/h7-16H,3-6,17-18,22H2,1-2H3. The lowest BCUT2D eigenvalue weighted by Gasteiger charge is -2.33. The van der Waals surface area contributed by atoms with E-state index in [0.717, 1.165) is 0 Å². The molecule has 0 aromatic heterocycles. The van der Waals surface area contributed by atoms with Crippen molar-refractivity contribution in [3.63, 3.8) is 0 Å². The third-order valence-electron chi connectivity index (χ3n) is 4.46. The predicted molar refractivity (Wildman–Crippen MR) is 107 cm³/mol. The van der Waals surface area contributed by atoms with Crippen LogP contribution in [-0.2, 0) is 4.12 Å². The Morgan fingerprint density at radius 1 is 0.783 bits per heavy atom. The molecule has 23 heavy (non-hydrogen) atoms. The van der Waals surface area contributed by atoms with Crippen LogP contribution in [0.5, 0.6) is 0 Å². The Morgan fingerprint density at radius 3 is 1.78 bits per heavy atom. The molecule has 0 saturated carbocycles. The number of hydrogen-bond acceptors (Lipinski definition) is 1. The highest BCUT2D eigenvalue weighted by atomic mass is 28.4. The van der Waals surface area contributed by atoms with E-state index in [-0.39, 0.29) is 0 Å². The maximum absolute atomic E-state index is 6.88. The molecule has 0 aliphatic rings. The third-order valence-corrected chi connectivity index (χ3v) is 11.6. The summed E-state index contributed by atoms with van der Waals surface area (Å²) in [7, 11) is -2.51. The number of hydrogen-bond donors (Lipinski definition) is 0. The molecule has 0 fully saturated rings. The van der Waals surface area contributed by atoms with Gasteiger partial charge in [0.2, 0.25) is 8.32 Å². The Morgan fingerprint density at radius 2 is 1.30 bits per heavy atom. The van der Waals surface area contributed by atoms with Crippen LogP contribution in [0.1, 0.15) is 39.5 Å². The summed E-state index contributed by atoms with van der Waals surface area (Å²) >= 11 is 0. The maximum Gasteiger partial charge on any atom is 0.244 e. The Hall–Kier alpha value is -1.17. The summed E-state index contributed by atoms with van der Waals surface area (Å²) in [5.41, 5.74) is 0. The van der Waals surface area contributed by atoms with Crippen LogP contribution in [-0.4, -0.2) is 18.1 Å². The molecule has 0 radical (unpaired) electrons. The van der Waals surface area contributed by atoms with E-state index in [9.17, 15) is 0 Å². The molecule has 3 heteroatoms. The largest absolute Gasteiger partial charge is 0.454 e. The van der Waals surface area contributed by atoms with Gasteiger partial charge in [-0.25, -0.2) is 0 Å². The van der Waals surface area contributed by atoms with Crippen LogP contribution in [0.2, 0.25) is 12.1 Å². The van der Waals surface area contributed by atoms with Gasteiger partial charge in [-0.05, 0) is 22.5 Å². The van der Waals surface area contributed by atoms with Gasteiger partial charge in [-0.3, -0.25) is 0 Å². The highest BCUT2D eigenvalue weighted by molar-refractivity contribution is 6.99. The molecule has 2 rings (SSSR count).